The van der Waals surface area contributed by atoms with Gasteiger partial charge in [0.25, 0.3) is 5.91 Å². The smallest absolute Gasteiger partial charge is 0.259 e. The molecule has 7 nitrogen and oxygen atoms in total. The van der Waals surface area contributed by atoms with E-state index in [1.54, 1.807) is 30.7 Å². The fraction of sp³-hybridized carbons (Fsp3) is 0.158. The van der Waals surface area contributed by atoms with Gasteiger partial charge in [0.05, 0.1) is 28.0 Å². The molecule has 0 atom stereocenters. The maximum absolute atomic E-state index is 12.7. The van der Waals surface area contributed by atoms with Crippen molar-refractivity contribution in [2.45, 2.75) is 18.7 Å². The highest BCUT2D eigenvalue weighted by atomic mass is 32.2. The molecule has 0 radical (unpaired) electrons. The van der Waals surface area contributed by atoms with Gasteiger partial charge in [-0.1, -0.05) is 24.3 Å². The summed E-state index contributed by atoms with van der Waals surface area (Å²) in [4.78, 5) is 12.8. The van der Waals surface area contributed by atoms with E-state index >= 15 is 0 Å². The van der Waals surface area contributed by atoms with Crippen LogP contribution in [-0.4, -0.2) is 31.2 Å². The second-order valence-electron chi connectivity index (χ2n) is 6.03. The van der Waals surface area contributed by atoms with Crippen molar-refractivity contribution in [3.63, 3.8) is 0 Å². The summed E-state index contributed by atoms with van der Waals surface area (Å²) in [6, 6.07) is 14.3. The molecule has 0 aliphatic rings. The molecule has 1 heterocycles. The summed E-state index contributed by atoms with van der Waals surface area (Å²) in [6.07, 6.45) is 1.50. The molecule has 1 aromatic heterocycles. The highest BCUT2D eigenvalue weighted by molar-refractivity contribution is 7.89. The second kappa shape index (κ2) is 7.34. The number of rotatable bonds is 5. The minimum atomic E-state index is -3.61. The van der Waals surface area contributed by atoms with Crippen LogP contribution >= 0.6 is 0 Å². The van der Waals surface area contributed by atoms with Crippen LogP contribution in [0.25, 0.3) is 5.69 Å². The highest BCUT2D eigenvalue weighted by Crippen LogP contribution is 2.21. The molecule has 140 valence electrons. The molecular weight excluding hydrogens is 364 g/mol. The quantitative estimate of drug-likeness (QED) is 0.707. The zero-order valence-electron chi connectivity index (χ0n) is 15.2. The van der Waals surface area contributed by atoms with Crippen LogP contribution in [-0.2, 0) is 10.0 Å². The van der Waals surface area contributed by atoms with E-state index < -0.39 is 10.0 Å². The molecule has 3 rings (SSSR count). The zero-order valence-corrected chi connectivity index (χ0v) is 16.0. The lowest BCUT2D eigenvalue weighted by molar-refractivity contribution is 0.102. The van der Waals surface area contributed by atoms with E-state index in [0.717, 1.165) is 5.69 Å². The Morgan fingerprint density at radius 2 is 1.78 bits per heavy atom. The number of para-hydroxylation sites is 1. The number of aryl methyl sites for hydroxylation is 1. The topological polar surface area (TPSA) is 93.1 Å². The number of anilines is 1. The first-order valence-corrected chi connectivity index (χ1v) is 9.77. The van der Waals surface area contributed by atoms with Crippen LogP contribution in [0, 0.1) is 13.8 Å². The Balaban J connectivity index is 1.89. The number of nitrogens with one attached hydrogen (secondary N) is 2. The van der Waals surface area contributed by atoms with Gasteiger partial charge in [-0.15, -0.1) is 0 Å². The average Bonchev–Trinajstić information content (AvgIpc) is 3.05. The number of aromatic nitrogens is 2. The molecule has 2 N–H and O–H groups in total. The van der Waals surface area contributed by atoms with Crippen molar-refractivity contribution >= 4 is 21.6 Å². The molecule has 2 aromatic carbocycles. The van der Waals surface area contributed by atoms with Gasteiger partial charge in [0.2, 0.25) is 10.0 Å². The van der Waals surface area contributed by atoms with E-state index in [4.69, 9.17) is 0 Å². The van der Waals surface area contributed by atoms with Crippen molar-refractivity contribution in [1.29, 1.82) is 0 Å². The number of carbonyl (C=O) groups excluding carboxylic acids is 1. The lowest BCUT2D eigenvalue weighted by atomic mass is 10.2. The fourth-order valence-electron chi connectivity index (χ4n) is 2.74. The normalized spacial score (nSPS) is 11.4. The molecule has 0 aliphatic carbocycles. The third-order valence-electron chi connectivity index (χ3n) is 4.26. The van der Waals surface area contributed by atoms with E-state index in [2.05, 4.69) is 15.1 Å². The van der Waals surface area contributed by atoms with Crippen molar-refractivity contribution < 1.29 is 13.2 Å². The van der Waals surface area contributed by atoms with Gasteiger partial charge in [0, 0.05) is 5.69 Å². The van der Waals surface area contributed by atoms with Crippen molar-refractivity contribution in [2.75, 3.05) is 12.4 Å². The summed E-state index contributed by atoms with van der Waals surface area (Å²) in [5.41, 5.74) is 2.94. The largest absolute Gasteiger partial charge is 0.322 e. The summed E-state index contributed by atoms with van der Waals surface area (Å²) in [5.74, 6) is -0.355. The Morgan fingerprint density at radius 3 is 2.44 bits per heavy atom. The van der Waals surface area contributed by atoms with Crippen molar-refractivity contribution in [1.82, 2.24) is 14.5 Å². The van der Waals surface area contributed by atoms with Gasteiger partial charge < -0.3 is 5.32 Å². The van der Waals surface area contributed by atoms with E-state index in [1.807, 2.05) is 30.3 Å². The lowest BCUT2D eigenvalue weighted by Crippen LogP contribution is -2.20. The first-order valence-electron chi connectivity index (χ1n) is 8.29. The molecule has 0 spiro atoms. The van der Waals surface area contributed by atoms with Gasteiger partial charge in [-0.25, -0.2) is 17.8 Å². The second-order valence-corrected chi connectivity index (χ2v) is 7.89. The third kappa shape index (κ3) is 3.76. The molecule has 3 aromatic rings. The number of sulfonamides is 1. The highest BCUT2D eigenvalue weighted by Gasteiger charge is 2.18. The molecule has 0 bridgehead atoms. The van der Waals surface area contributed by atoms with Gasteiger partial charge in [0.15, 0.2) is 0 Å². The zero-order chi connectivity index (χ0) is 19.6. The van der Waals surface area contributed by atoms with Gasteiger partial charge >= 0.3 is 0 Å². The molecule has 0 fully saturated rings. The first kappa shape index (κ1) is 18.8. The standard InChI is InChI=1S/C19H20N4O3S/c1-13-9-10-15(11-18(13)27(25,26)20-3)22-19(24)17-12-21-23(14(17)2)16-7-5-4-6-8-16/h4-12,20H,1-3H3,(H,22,24). The van der Waals surface area contributed by atoms with E-state index in [0.29, 0.717) is 22.5 Å². The third-order valence-corrected chi connectivity index (χ3v) is 5.82. The van der Waals surface area contributed by atoms with Crippen molar-refractivity contribution in [3.8, 4) is 5.69 Å². The average molecular weight is 384 g/mol. The Bertz CT molecular complexity index is 1090. The minimum absolute atomic E-state index is 0.125. The summed E-state index contributed by atoms with van der Waals surface area (Å²) in [5, 5.41) is 7.03. The van der Waals surface area contributed by atoms with Crippen molar-refractivity contribution in [2.24, 2.45) is 0 Å². The van der Waals surface area contributed by atoms with Crippen LogP contribution < -0.4 is 10.0 Å². The molecule has 27 heavy (non-hydrogen) atoms. The lowest BCUT2D eigenvalue weighted by Gasteiger charge is -2.10. The molecular formula is C19H20N4O3S. The van der Waals surface area contributed by atoms with Crippen LogP contribution in [0.15, 0.2) is 59.6 Å². The summed E-state index contributed by atoms with van der Waals surface area (Å²) in [7, 11) is -2.26. The number of hydrogen-bond donors (Lipinski definition) is 2. The summed E-state index contributed by atoms with van der Waals surface area (Å²) < 4.78 is 28.2. The van der Waals surface area contributed by atoms with Gasteiger partial charge in [0.1, 0.15) is 0 Å². The first-order chi connectivity index (χ1) is 12.8. The molecule has 1 amide bonds. The Hall–Kier alpha value is -2.97. The predicted molar refractivity (Wildman–Crippen MR) is 104 cm³/mol. The van der Waals surface area contributed by atoms with Crippen LogP contribution in [0.2, 0.25) is 0 Å². The maximum atomic E-state index is 12.7. The monoisotopic (exact) mass is 384 g/mol. The van der Waals surface area contributed by atoms with Gasteiger partial charge in [-0.05, 0) is 50.7 Å². The molecule has 8 heteroatoms. The number of nitrogens with zero attached hydrogens (tertiary/aromatic N) is 2. The molecule has 0 saturated heterocycles. The fourth-order valence-corrected chi connectivity index (χ4v) is 3.73. The van der Waals surface area contributed by atoms with Crippen LogP contribution in [0.3, 0.4) is 0 Å². The number of carbonyl (C=O) groups is 1. The summed E-state index contributed by atoms with van der Waals surface area (Å²) >= 11 is 0. The van der Waals surface area contributed by atoms with Gasteiger partial charge in [-0.2, -0.15) is 5.10 Å². The Labute approximate surface area is 158 Å². The number of hydrogen-bond acceptors (Lipinski definition) is 4. The van der Waals surface area contributed by atoms with Crippen LogP contribution in [0.4, 0.5) is 5.69 Å². The van der Waals surface area contributed by atoms with E-state index in [-0.39, 0.29) is 10.8 Å². The van der Waals surface area contributed by atoms with E-state index in [1.165, 1.54) is 19.3 Å². The maximum Gasteiger partial charge on any atom is 0.259 e. The molecule has 0 aliphatic heterocycles. The van der Waals surface area contributed by atoms with Crippen LogP contribution in [0.1, 0.15) is 21.6 Å². The Kier molecular flexibility index (Phi) is 5.11. The molecule has 0 saturated carbocycles. The predicted octanol–water partition coefficient (Wildman–Crippen LogP) is 2.65. The van der Waals surface area contributed by atoms with Gasteiger partial charge in [-0.3, -0.25) is 4.79 Å². The van der Waals surface area contributed by atoms with E-state index in [9.17, 15) is 13.2 Å². The molecule has 0 unspecified atom stereocenters. The SMILES string of the molecule is CNS(=O)(=O)c1cc(NC(=O)c2cnn(-c3ccccc3)c2C)ccc1C. The number of benzene rings is 2. The Morgan fingerprint density at radius 1 is 1.07 bits per heavy atom. The number of amides is 1. The van der Waals surface area contributed by atoms with Crippen LogP contribution in [0.5, 0.6) is 0 Å². The summed E-state index contributed by atoms with van der Waals surface area (Å²) in [6.45, 7) is 3.50. The van der Waals surface area contributed by atoms with Crippen molar-refractivity contribution in [3.05, 3.63) is 71.5 Å². The minimum Gasteiger partial charge on any atom is -0.322 e.